The molecule has 1 aromatic rings. The largest absolute Gasteiger partial charge is 0.464 e. The molecule has 0 saturated carbocycles. The minimum atomic E-state index is -1.52. The third-order valence-electron chi connectivity index (χ3n) is 2.44. The summed E-state index contributed by atoms with van der Waals surface area (Å²) in [6.07, 6.45) is 0. The van der Waals surface area contributed by atoms with E-state index in [9.17, 15) is 14.4 Å². The molecule has 0 bridgehead atoms. The second-order valence-electron chi connectivity index (χ2n) is 3.89. The molecule has 0 unspecified atom stereocenters. The number of esters is 2. The molecule has 6 nitrogen and oxygen atoms in total. The Morgan fingerprint density at radius 1 is 1.10 bits per heavy atom. The van der Waals surface area contributed by atoms with Gasteiger partial charge in [-0.15, -0.1) is 0 Å². The van der Waals surface area contributed by atoms with E-state index in [4.69, 9.17) is 21.1 Å². The lowest BCUT2D eigenvalue weighted by Crippen LogP contribution is -2.48. The molecule has 1 aromatic carbocycles. The molecule has 114 valence electrons. The van der Waals surface area contributed by atoms with Crippen molar-refractivity contribution >= 4 is 29.4 Å². The molecule has 1 N–H and O–H groups in total. The number of carbonyl (C=O) groups is 3. The maximum Gasteiger partial charge on any atom is 0.340 e. The van der Waals surface area contributed by atoms with Crippen LogP contribution in [0.1, 0.15) is 24.2 Å². The van der Waals surface area contributed by atoms with Gasteiger partial charge in [0.2, 0.25) is 6.04 Å². The molecule has 0 heterocycles. The minimum Gasteiger partial charge on any atom is -0.464 e. The van der Waals surface area contributed by atoms with Crippen molar-refractivity contribution in [1.29, 1.82) is 0 Å². The SMILES string of the molecule is CCOC(=O)C(NC(=O)c1ccccc1Cl)C(=O)OCC. The number of nitrogens with one attached hydrogen (secondary N) is 1. The van der Waals surface area contributed by atoms with Crippen LogP contribution in [0, 0.1) is 0 Å². The summed E-state index contributed by atoms with van der Waals surface area (Å²) >= 11 is 5.89. The molecule has 0 aliphatic carbocycles. The lowest BCUT2D eigenvalue weighted by atomic mass is 10.2. The van der Waals surface area contributed by atoms with E-state index < -0.39 is 23.9 Å². The number of halogens is 1. The summed E-state index contributed by atoms with van der Waals surface area (Å²) in [5.74, 6) is -2.42. The molecule has 0 aliphatic heterocycles. The summed E-state index contributed by atoms with van der Waals surface area (Å²) in [6.45, 7) is 3.35. The lowest BCUT2D eigenvalue weighted by molar-refractivity contribution is -0.157. The van der Waals surface area contributed by atoms with E-state index in [1.807, 2.05) is 0 Å². The van der Waals surface area contributed by atoms with Crippen LogP contribution in [0.3, 0.4) is 0 Å². The third kappa shape index (κ3) is 4.75. The van der Waals surface area contributed by atoms with E-state index in [0.717, 1.165) is 0 Å². The quantitative estimate of drug-likeness (QED) is 0.636. The van der Waals surface area contributed by atoms with Crippen molar-refractivity contribution in [3.05, 3.63) is 34.9 Å². The second-order valence-corrected chi connectivity index (χ2v) is 4.30. The smallest absolute Gasteiger partial charge is 0.340 e. The highest BCUT2D eigenvalue weighted by Gasteiger charge is 2.31. The van der Waals surface area contributed by atoms with Crippen LogP contribution in [0.15, 0.2) is 24.3 Å². The Labute approximate surface area is 127 Å². The van der Waals surface area contributed by atoms with Crippen LogP contribution >= 0.6 is 11.6 Å². The lowest BCUT2D eigenvalue weighted by Gasteiger charge is -2.16. The van der Waals surface area contributed by atoms with E-state index in [-0.39, 0.29) is 23.8 Å². The van der Waals surface area contributed by atoms with Gasteiger partial charge >= 0.3 is 11.9 Å². The van der Waals surface area contributed by atoms with Crippen LogP contribution < -0.4 is 5.32 Å². The van der Waals surface area contributed by atoms with E-state index in [2.05, 4.69) is 5.32 Å². The summed E-state index contributed by atoms with van der Waals surface area (Å²) in [7, 11) is 0. The van der Waals surface area contributed by atoms with Crippen LogP contribution in [-0.4, -0.2) is 37.1 Å². The molecule has 1 amide bonds. The van der Waals surface area contributed by atoms with Gasteiger partial charge in [-0.1, -0.05) is 23.7 Å². The van der Waals surface area contributed by atoms with Gasteiger partial charge in [0.15, 0.2) is 0 Å². The van der Waals surface area contributed by atoms with Crippen LogP contribution in [0.5, 0.6) is 0 Å². The average molecular weight is 314 g/mol. The highest BCUT2D eigenvalue weighted by molar-refractivity contribution is 6.33. The first-order chi connectivity index (χ1) is 10.0. The molecular formula is C14H16ClNO5. The van der Waals surface area contributed by atoms with E-state index in [1.165, 1.54) is 12.1 Å². The molecule has 0 saturated heterocycles. The number of ether oxygens (including phenoxy) is 2. The molecule has 21 heavy (non-hydrogen) atoms. The van der Waals surface area contributed by atoms with Crippen molar-refractivity contribution in [3.63, 3.8) is 0 Å². The van der Waals surface area contributed by atoms with Gasteiger partial charge in [-0.05, 0) is 26.0 Å². The van der Waals surface area contributed by atoms with Crippen molar-refractivity contribution in [3.8, 4) is 0 Å². The summed E-state index contributed by atoms with van der Waals surface area (Å²) in [4.78, 5) is 35.6. The fraction of sp³-hybridized carbons (Fsp3) is 0.357. The van der Waals surface area contributed by atoms with E-state index in [1.54, 1.807) is 26.0 Å². The first-order valence-corrected chi connectivity index (χ1v) is 6.77. The van der Waals surface area contributed by atoms with Crippen LogP contribution in [0.4, 0.5) is 0 Å². The number of rotatable bonds is 6. The first-order valence-electron chi connectivity index (χ1n) is 6.39. The molecule has 0 atom stereocenters. The monoisotopic (exact) mass is 313 g/mol. The molecule has 0 spiro atoms. The summed E-state index contributed by atoms with van der Waals surface area (Å²) in [5.41, 5.74) is 0.151. The van der Waals surface area contributed by atoms with Crippen LogP contribution in [0.2, 0.25) is 5.02 Å². The fourth-order valence-corrected chi connectivity index (χ4v) is 1.74. The predicted octanol–water partition coefficient (Wildman–Crippen LogP) is 1.56. The van der Waals surface area contributed by atoms with Gasteiger partial charge in [-0.3, -0.25) is 4.79 Å². The summed E-state index contributed by atoms with van der Waals surface area (Å²) < 4.78 is 9.50. The van der Waals surface area contributed by atoms with Crippen LogP contribution in [-0.2, 0) is 19.1 Å². The number of hydrogen-bond acceptors (Lipinski definition) is 5. The van der Waals surface area contributed by atoms with Crippen molar-refractivity contribution in [1.82, 2.24) is 5.32 Å². The minimum absolute atomic E-state index is 0.0801. The molecule has 0 radical (unpaired) electrons. The Hall–Kier alpha value is -2.08. The van der Waals surface area contributed by atoms with Crippen molar-refractivity contribution < 1.29 is 23.9 Å². The van der Waals surface area contributed by atoms with Crippen molar-refractivity contribution in [2.24, 2.45) is 0 Å². The van der Waals surface area contributed by atoms with Gasteiger partial charge < -0.3 is 14.8 Å². The predicted molar refractivity (Wildman–Crippen MR) is 76.0 cm³/mol. The molecule has 1 rings (SSSR count). The van der Waals surface area contributed by atoms with E-state index >= 15 is 0 Å². The van der Waals surface area contributed by atoms with E-state index in [0.29, 0.717) is 0 Å². The molecular weight excluding hydrogens is 298 g/mol. The fourth-order valence-electron chi connectivity index (χ4n) is 1.52. The normalized spacial score (nSPS) is 10.1. The highest BCUT2D eigenvalue weighted by Crippen LogP contribution is 2.14. The average Bonchev–Trinajstić information content (AvgIpc) is 2.45. The second kappa shape index (κ2) is 8.26. The summed E-state index contributed by atoms with van der Waals surface area (Å²) in [6, 6.07) is 4.76. The Bertz CT molecular complexity index is 514. The number of benzene rings is 1. The van der Waals surface area contributed by atoms with Crippen molar-refractivity contribution in [2.75, 3.05) is 13.2 Å². The molecule has 0 aliphatic rings. The Balaban J connectivity index is 2.90. The maximum atomic E-state index is 12.1. The molecule has 0 fully saturated rings. The summed E-state index contributed by atoms with van der Waals surface area (Å²) in [5, 5.41) is 2.48. The number of amides is 1. The van der Waals surface area contributed by atoms with Gasteiger partial charge in [0, 0.05) is 0 Å². The standard InChI is InChI=1S/C14H16ClNO5/c1-3-20-13(18)11(14(19)21-4-2)16-12(17)9-7-5-6-8-10(9)15/h5-8,11H,3-4H2,1-2H3,(H,16,17). The Morgan fingerprint density at radius 3 is 2.10 bits per heavy atom. The highest BCUT2D eigenvalue weighted by atomic mass is 35.5. The third-order valence-corrected chi connectivity index (χ3v) is 2.77. The zero-order valence-electron chi connectivity index (χ0n) is 11.7. The topological polar surface area (TPSA) is 81.7 Å². The molecule has 0 aromatic heterocycles. The van der Waals surface area contributed by atoms with Gasteiger partial charge in [0.25, 0.3) is 5.91 Å². The van der Waals surface area contributed by atoms with Gasteiger partial charge in [-0.25, -0.2) is 9.59 Å². The Morgan fingerprint density at radius 2 is 1.62 bits per heavy atom. The van der Waals surface area contributed by atoms with Crippen molar-refractivity contribution in [2.45, 2.75) is 19.9 Å². The van der Waals surface area contributed by atoms with Crippen LogP contribution in [0.25, 0.3) is 0 Å². The maximum absolute atomic E-state index is 12.1. The van der Waals surface area contributed by atoms with Gasteiger partial charge in [-0.2, -0.15) is 0 Å². The zero-order chi connectivity index (χ0) is 15.8. The Kier molecular flexibility index (Phi) is 6.68. The van der Waals surface area contributed by atoms with Gasteiger partial charge in [0.1, 0.15) is 0 Å². The zero-order valence-corrected chi connectivity index (χ0v) is 12.5. The number of hydrogen-bond donors (Lipinski definition) is 1. The van der Waals surface area contributed by atoms with Gasteiger partial charge in [0.05, 0.1) is 23.8 Å². The first kappa shape index (κ1) is 17.0. The number of carbonyl (C=O) groups excluding carboxylic acids is 3. The molecule has 7 heteroatoms.